The largest absolute Gasteiger partial charge is 0.329 e. The quantitative estimate of drug-likeness (QED) is 0.330. The molecule has 1 aromatic rings. The predicted molar refractivity (Wildman–Crippen MR) is 113 cm³/mol. The molecule has 3 aliphatic rings. The second kappa shape index (κ2) is 9.35. The van der Waals surface area contributed by atoms with Crippen molar-refractivity contribution in [2.75, 3.05) is 39.3 Å². The fourth-order valence-electron chi connectivity index (χ4n) is 4.89. The molecule has 2 saturated heterocycles. The van der Waals surface area contributed by atoms with Crippen molar-refractivity contribution in [2.45, 2.75) is 38.0 Å². The number of piperazine rings is 1. The van der Waals surface area contributed by atoms with Gasteiger partial charge in [-0.3, -0.25) is 39.2 Å². The van der Waals surface area contributed by atoms with Gasteiger partial charge in [-0.2, -0.15) is 0 Å². The van der Waals surface area contributed by atoms with Gasteiger partial charge in [0.05, 0.1) is 6.04 Å². The van der Waals surface area contributed by atoms with Gasteiger partial charge in [0.15, 0.2) is 6.29 Å². The lowest BCUT2D eigenvalue weighted by Gasteiger charge is -2.34. The number of piperidine rings is 1. The van der Waals surface area contributed by atoms with Crippen molar-refractivity contribution in [1.29, 1.82) is 0 Å². The van der Waals surface area contributed by atoms with Crippen molar-refractivity contribution in [3.63, 3.8) is 0 Å². The lowest BCUT2D eigenvalue weighted by molar-refractivity contribution is -0.141. The summed E-state index contributed by atoms with van der Waals surface area (Å²) in [6.07, 6.45) is 0.913. The number of imide groups is 1. The van der Waals surface area contributed by atoms with Crippen LogP contribution < -0.4 is 11.1 Å². The molecule has 0 aliphatic carbocycles. The predicted octanol–water partition coefficient (Wildman–Crippen LogP) is -0.807. The summed E-state index contributed by atoms with van der Waals surface area (Å²) in [6.45, 7) is 6.63. The van der Waals surface area contributed by atoms with Gasteiger partial charge in [0.25, 0.3) is 0 Å². The highest BCUT2D eigenvalue weighted by atomic mass is 16.2. The molecule has 2 unspecified atom stereocenters. The molecule has 2 atom stereocenters. The maximum atomic E-state index is 12.6. The van der Waals surface area contributed by atoms with Crippen molar-refractivity contribution >= 4 is 23.9 Å². The minimum Gasteiger partial charge on any atom is -0.329 e. The Morgan fingerprint density at radius 1 is 1.16 bits per heavy atom. The number of Topliss-reactive ketones (excluding diaryl/α,β-unsaturated/α-hetero) is 1. The van der Waals surface area contributed by atoms with E-state index in [0.29, 0.717) is 25.8 Å². The van der Waals surface area contributed by atoms with Gasteiger partial charge < -0.3 is 5.73 Å². The zero-order valence-corrected chi connectivity index (χ0v) is 17.6. The van der Waals surface area contributed by atoms with Crippen LogP contribution in [0.4, 0.5) is 0 Å². The standard InChI is InChI=1S/C22H29N5O4/c23-5-6-25-7-9-26(10-8-25)12-15-1-2-16-13-27(18-3-4-20(30)24-22(18)31)21(17(16)11-15)19(29)14-28/h1-2,11,14,18,21H,3-10,12-13,23H2,(H,24,30,31). The van der Waals surface area contributed by atoms with Crippen LogP contribution in [0.1, 0.15) is 35.6 Å². The first-order valence-electron chi connectivity index (χ1n) is 10.8. The molecule has 3 N–H and O–H groups in total. The van der Waals surface area contributed by atoms with E-state index in [-0.39, 0.29) is 12.3 Å². The summed E-state index contributed by atoms with van der Waals surface area (Å²) in [6, 6.07) is 4.67. The Morgan fingerprint density at radius 3 is 2.58 bits per heavy atom. The molecule has 166 valence electrons. The Kier molecular flexibility index (Phi) is 6.57. The monoisotopic (exact) mass is 427 g/mol. The van der Waals surface area contributed by atoms with Gasteiger partial charge in [-0.25, -0.2) is 0 Å². The highest BCUT2D eigenvalue weighted by molar-refractivity contribution is 6.27. The van der Waals surface area contributed by atoms with E-state index >= 15 is 0 Å². The van der Waals surface area contributed by atoms with Crippen LogP contribution in [0.25, 0.3) is 0 Å². The van der Waals surface area contributed by atoms with Gasteiger partial charge >= 0.3 is 0 Å². The van der Waals surface area contributed by atoms with Crippen LogP contribution in [0.5, 0.6) is 0 Å². The SMILES string of the molecule is NCCN1CCN(Cc2ccc3c(c2)C(C(=O)C=O)N(C2CCC(=O)NC2=O)C3)CC1. The van der Waals surface area contributed by atoms with Crippen LogP contribution >= 0.6 is 0 Å². The third kappa shape index (κ3) is 4.59. The van der Waals surface area contributed by atoms with E-state index in [4.69, 9.17) is 5.73 Å². The average Bonchev–Trinajstić information content (AvgIpc) is 3.13. The van der Waals surface area contributed by atoms with E-state index < -0.39 is 23.8 Å². The summed E-state index contributed by atoms with van der Waals surface area (Å²) in [5, 5.41) is 2.35. The molecule has 0 saturated carbocycles. The summed E-state index contributed by atoms with van der Waals surface area (Å²) in [5.41, 5.74) is 8.47. The number of nitrogens with zero attached hydrogens (tertiary/aromatic N) is 3. The second-order valence-corrected chi connectivity index (χ2v) is 8.50. The molecule has 3 aliphatic heterocycles. The van der Waals surface area contributed by atoms with E-state index in [1.807, 2.05) is 12.1 Å². The van der Waals surface area contributed by atoms with Crippen LogP contribution in [0, 0.1) is 0 Å². The minimum absolute atomic E-state index is 0.229. The maximum Gasteiger partial charge on any atom is 0.243 e. The summed E-state index contributed by atoms with van der Waals surface area (Å²) in [5.74, 6) is -1.26. The molecule has 0 spiro atoms. The maximum absolute atomic E-state index is 12.6. The molecule has 0 radical (unpaired) electrons. The summed E-state index contributed by atoms with van der Waals surface area (Å²) in [4.78, 5) is 54.4. The van der Waals surface area contributed by atoms with Crippen LogP contribution in [-0.2, 0) is 32.3 Å². The fourth-order valence-corrected chi connectivity index (χ4v) is 4.89. The first kappa shape index (κ1) is 21.8. The molecule has 3 heterocycles. The second-order valence-electron chi connectivity index (χ2n) is 8.50. The van der Waals surface area contributed by atoms with Crippen LogP contribution in [0.3, 0.4) is 0 Å². The first-order chi connectivity index (χ1) is 15.0. The van der Waals surface area contributed by atoms with Crippen molar-refractivity contribution in [2.24, 2.45) is 5.73 Å². The molecule has 2 fully saturated rings. The van der Waals surface area contributed by atoms with Crippen molar-refractivity contribution in [3.05, 3.63) is 34.9 Å². The number of carbonyl (C=O) groups is 4. The molecule has 0 bridgehead atoms. The number of rotatable bonds is 7. The molecular formula is C22H29N5O4. The molecule has 31 heavy (non-hydrogen) atoms. The number of nitrogens with two attached hydrogens (primary N) is 1. The van der Waals surface area contributed by atoms with E-state index in [9.17, 15) is 19.2 Å². The first-order valence-corrected chi connectivity index (χ1v) is 10.8. The van der Waals surface area contributed by atoms with Crippen molar-refractivity contribution in [1.82, 2.24) is 20.0 Å². The summed E-state index contributed by atoms with van der Waals surface area (Å²) < 4.78 is 0. The Morgan fingerprint density at radius 2 is 1.90 bits per heavy atom. The highest BCUT2D eigenvalue weighted by Gasteiger charge is 2.43. The van der Waals surface area contributed by atoms with E-state index in [2.05, 4.69) is 21.2 Å². The fraction of sp³-hybridized carbons (Fsp3) is 0.545. The van der Waals surface area contributed by atoms with E-state index in [0.717, 1.165) is 56.0 Å². The molecule has 9 heteroatoms. The zero-order valence-electron chi connectivity index (χ0n) is 17.6. The summed E-state index contributed by atoms with van der Waals surface area (Å²) in [7, 11) is 0. The van der Waals surface area contributed by atoms with Crippen LogP contribution in [0.15, 0.2) is 18.2 Å². The van der Waals surface area contributed by atoms with Gasteiger partial charge in [0.2, 0.25) is 17.6 Å². The molecule has 4 rings (SSSR count). The molecular weight excluding hydrogens is 398 g/mol. The number of ketones is 1. The normalized spacial score (nSPS) is 25.3. The number of hydrogen-bond acceptors (Lipinski definition) is 8. The topological polar surface area (TPSA) is 116 Å². The lowest BCUT2D eigenvalue weighted by Crippen LogP contribution is -2.52. The molecule has 9 nitrogen and oxygen atoms in total. The number of amides is 2. The third-order valence-electron chi connectivity index (χ3n) is 6.50. The van der Waals surface area contributed by atoms with Gasteiger partial charge in [-0.05, 0) is 23.1 Å². The Labute approximate surface area is 181 Å². The molecule has 2 amide bonds. The number of nitrogens with one attached hydrogen (secondary N) is 1. The highest BCUT2D eigenvalue weighted by Crippen LogP contribution is 2.38. The minimum atomic E-state index is -0.780. The Balaban J connectivity index is 1.51. The van der Waals surface area contributed by atoms with Crippen LogP contribution in [-0.4, -0.2) is 83.9 Å². The number of carbonyl (C=O) groups excluding carboxylic acids is 4. The lowest BCUT2D eigenvalue weighted by atomic mass is 9.97. The number of fused-ring (bicyclic) bond motifs is 1. The van der Waals surface area contributed by atoms with Gasteiger partial charge in [0.1, 0.15) is 6.04 Å². The Bertz CT molecular complexity index is 881. The zero-order chi connectivity index (χ0) is 22.0. The molecule has 0 aromatic heterocycles. The smallest absolute Gasteiger partial charge is 0.243 e. The average molecular weight is 428 g/mol. The number of aldehydes is 1. The Hall–Kier alpha value is -2.46. The van der Waals surface area contributed by atoms with E-state index in [1.54, 1.807) is 4.90 Å². The van der Waals surface area contributed by atoms with Crippen LogP contribution in [0.2, 0.25) is 0 Å². The third-order valence-corrected chi connectivity index (χ3v) is 6.50. The summed E-state index contributed by atoms with van der Waals surface area (Å²) >= 11 is 0. The number of benzene rings is 1. The van der Waals surface area contributed by atoms with Gasteiger partial charge in [-0.15, -0.1) is 0 Å². The van der Waals surface area contributed by atoms with Crippen molar-refractivity contribution < 1.29 is 19.2 Å². The number of hydrogen-bond donors (Lipinski definition) is 2. The molecule has 1 aromatic carbocycles. The van der Waals surface area contributed by atoms with E-state index in [1.165, 1.54) is 0 Å². The van der Waals surface area contributed by atoms with Gasteiger partial charge in [-0.1, -0.05) is 18.2 Å². The van der Waals surface area contributed by atoms with Crippen molar-refractivity contribution in [3.8, 4) is 0 Å². The van der Waals surface area contributed by atoms with Gasteiger partial charge in [0, 0.05) is 58.8 Å².